The fourth-order valence-electron chi connectivity index (χ4n) is 1.09. The third-order valence-electron chi connectivity index (χ3n) is 2.31. The Kier molecular flexibility index (Phi) is 7.99. The molecule has 0 saturated carbocycles. The van der Waals surface area contributed by atoms with Crippen molar-refractivity contribution in [2.24, 2.45) is 5.92 Å². The molecule has 0 aromatic rings. The average Bonchev–Trinajstić information content (AvgIpc) is 2.04. The van der Waals surface area contributed by atoms with Crippen LogP contribution in [0, 0.1) is 5.92 Å². The van der Waals surface area contributed by atoms with Gasteiger partial charge in [-0.3, -0.25) is 0 Å². The lowest BCUT2D eigenvalue weighted by Gasteiger charge is -2.06. The van der Waals surface area contributed by atoms with Crippen LogP contribution in [0.2, 0.25) is 0 Å². The normalized spacial score (nSPS) is 14.8. The quantitative estimate of drug-likeness (QED) is 0.466. The van der Waals surface area contributed by atoms with Crippen molar-refractivity contribution in [3.63, 3.8) is 0 Å². The molecule has 0 aliphatic heterocycles. The summed E-state index contributed by atoms with van der Waals surface area (Å²) in [5, 5.41) is 1.14. The summed E-state index contributed by atoms with van der Waals surface area (Å²) in [4.78, 5) is 0. The van der Waals surface area contributed by atoms with Crippen molar-refractivity contribution < 1.29 is 0 Å². The van der Waals surface area contributed by atoms with Crippen LogP contribution in [0.3, 0.4) is 0 Å². The summed E-state index contributed by atoms with van der Waals surface area (Å²) in [6, 6.07) is 0. The Bertz CT molecular complexity index is 127. The molecule has 1 unspecified atom stereocenters. The zero-order valence-electron chi connectivity index (χ0n) is 8.57. The minimum absolute atomic E-state index is 0.866. The molecule has 0 heterocycles. The van der Waals surface area contributed by atoms with E-state index in [0.717, 1.165) is 11.2 Å². The van der Waals surface area contributed by atoms with Gasteiger partial charge < -0.3 is 0 Å². The molecule has 0 radical (unpaired) electrons. The van der Waals surface area contributed by atoms with E-state index >= 15 is 0 Å². The number of rotatable bonds is 6. The molecule has 0 rings (SSSR count). The van der Waals surface area contributed by atoms with Crippen LogP contribution in [0.15, 0.2) is 11.6 Å². The predicted octanol–water partition coefficient (Wildman–Crippen LogP) is 4.54. The first-order valence-electron chi connectivity index (χ1n) is 4.92. The zero-order chi connectivity index (χ0) is 9.40. The summed E-state index contributed by atoms with van der Waals surface area (Å²) in [6.07, 6.45) is 7.48. The third-order valence-corrected chi connectivity index (χ3v) is 2.77. The van der Waals surface area contributed by atoms with Crippen LogP contribution < -0.4 is 0 Å². The summed E-state index contributed by atoms with van der Waals surface area (Å²) in [7, 11) is 0. The van der Waals surface area contributed by atoms with Gasteiger partial charge in [0.2, 0.25) is 0 Å². The van der Waals surface area contributed by atoms with E-state index in [1.165, 1.54) is 31.3 Å². The standard InChI is InChI=1S/C11H21Br/c1-4-10(2)6-5-7-11(3)8-9-12/h6,11H,4-5,7-9H2,1-3H3. The third kappa shape index (κ3) is 6.90. The SMILES string of the molecule is CCC(C)=CCCC(C)CCBr. The van der Waals surface area contributed by atoms with Crippen LogP contribution >= 0.6 is 15.9 Å². The molecule has 0 spiro atoms. The maximum atomic E-state index is 3.47. The van der Waals surface area contributed by atoms with E-state index in [-0.39, 0.29) is 0 Å². The molecule has 0 aromatic heterocycles. The van der Waals surface area contributed by atoms with Gasteiger partial charge in [0, 0.05) is 5.33 Å². The van der Waals surface area contributed by atoms with Crippen LogP contribution in [0.5, 0.6) is 0 Å². The van der Waals surface area contributed by atoms with Gasteiger partial charge in [0.25, 0.3) is 0 Å². The molecule has 0 saturated heterocycles. The minimum Gasteiger partial charge on any atom is -0.0928 e. The molecule has 0 nitrogen and oxygen atoms in total. The summed E-state index contributed by atoms with van der Waals surface area (Å²) in [6.45, 7) is 6.76. The van der Waals surface area contributed by atoms with Crippen molar-refractivity contribution >= 4 is 15.9 Å². The van der Waals surface area contributed by atoms with Gasteiger partial charge in [-0.1, -0.05) is 41.4 Å². The van der Waals surface area contributed by atoms with Gasteiger partial charge >= 0.3 is 0 Å². The van der Waals surface area contributed by atoms with Gasteiger partial charge in [0.1, 0.15) is 0 Å². The van der Waals surface area contributed by atoms with Gasteiger partial charge in [-0.2, -0.15) is 0 Å². The highest BCUT2D eigenvalue weighted by Crippen LogP contribution is 2.13. The number of allylic oxidation sites excluding steroid dienone is 2. The van der Waals surface area contributed by atoms with Crippen molar-refractivity contribution in [2.75, 3.05) is 5.33 Å². The van der Waals surface area contributed by atoms with Crippen molar-refractivity contribution in [3.8, 4) is 0 Å². The molecule has 0 aliphatic rings. The monoisotopic (exact) mass is 232 g/mol. The van der Waals surface area contributed by atoms with E-state index in [1.807, 2.05) is 0 Å². The highest BCUT2D eigenvalue weighted by atomic mass is 79.9. The predicted molar refractivity (Wildman–Crippen MR) is 60.9 cm³/mol. The maximum Gasteiger partial charge on any atom is 0.00338 e. The van der Waals surface area contributed by atoms with Crippen molar-refractivity contribution in [1.29, 1.82) is 0 Å². The number of halogens is 1. The number of hydrogen-bond donors (Lipinski definition) is 0. The Morgan fingerprint density at radius 3 is 2.58 bits per heavy atom. The van der Waals surface area contributed by atoms with Crippen molar-refractivity contribution in [1.82, 2.24) is 0 Å². The first-order chi connectivity index (χ1) is 5.70. The Morgan fingerprint density at radius 2 is 2.08 bits per heavy atom. The molecule has 0 fully saturated rings. The summed E-state index contributed by atoms with van der Waals surface area (Å²) in [5.41, 5.74) is 1.53. The lowest BCUT2D eigenvalue weighted by Crippen LogP contribution is -1.94. The Labute approximate surface area is 85.6 Å². The molecule has 0 amide bonds. The Morgan fingerprint density at radius 1 is 1.42 bits per heavy atom. The van der Waals surface area contributed by atoms with Crippen LogP contribution in [0.4, 0.5) is 0 Å². The van der Waals surface area contributed by atoms with Gasteiger partial charge in [-0.15, -0.1) is 0 Å². The first kappa shape index (κ1) is 12.2. The van der Waals surface area contributed by atoms with Crippen LogP contribution in [-0.2, 0) is 0 Å². The van der Waals surface area contributed by atoms with Gasteiger partial charge in [-0.05, 0) is 38.5 Å². The molecule has 0 aromatic carbocycles. The van der Waals surface area contributed by atoms with Crippen molar-refractivity contribution in [3.05, 3.63) is 11.6 Å². The van der Waals surface area contributed by atoms with E-state index in [0.29, 0.717) is 0 Å². The second kappa shape index (κ2) is 7.85. The van der Waals surface area contributed by atoms with Gasteiger partial charge in [0.05, 0.1) is 0 Å². The summed E-state index contributed by atoms with van der Waals surface area (Å²) < 4.78 is 0. The molecule has 0 aliphatic carbocycles. The molecule has 1 heteroatoms. The van der Waals surface area contributed by atoms with Crippen LogP contribution in [0.1, 0.15) is 46.5 Å². The Balaban J connectivity index is 3.41. The van der Waals surface area contributed by atoms with E-state index in [1.54, 1.807) is 0 Å². The molecule has 1 atom stereocenters. The zero-order valence-corrected chi connectivity index (χ0v) is 10.2. The van der Waals surface area contributed by atoms with Gasteiger partial charge in [-0.25, -0.2) is 0 Å². The Hall–Kier alpha value is 0.220. The van der Waals surface area contributed by atoms with E-state index in [2.05, 4.69) is 42.8 Å². The molecule has 0 bridgehead atoms. The van der Waals surface area contributed by atoms with Gasteiger partial charge in [0.15, 0.2) is 0 Å². The van der Waals surface area contributed by atoms with E-state index in [9.17, 15) is 0 Å². The molecule has 0 N–H and O–H groups in total. The average molecular weight is 233 g/mol. The number of hydrogen-bond acceptors (Lipinski definition) is 0. The highest BCUT2D eigenvalue weighted by Gasteiger charge is 1.98. The molecular weight excluding hydrogens is 212 g/mol. The second-order valence-electron chi connectivity index (χ2n) is 3.56. The summed E-state index contributed by atoms with van der Waals surface area (Å²) >= 11 is 3.47. The van der Waals surface area contributed by atoms with Crippen molar-refractivity contribution in [2.45, 2.75) is 46.5 Å². The molecule has 12 heavy (non-hydrogen) atoms. The number of alkyl halides is 1. The lowest BCUT2D eigenvalue weighted by atomic mass is 10.0. The fourth-order valence-corrected chi connectivity index (χ4v) is 1.87. The molecular formula is C11H21Br. The highest BCUT2D eigenvalue weighted by molar-refractivity contribution is 9.09. The van der Waals surface area contributed by atoms with E-state index < -0.39 is 0 Å². The first-order valence-corrected chi connectivity index (χ1v) is 6.04. The largest absolute Gasteiger partial charge is 0.0928 e. The molecule has 72 valence electrons. The summed E-state index contributed by atoms with van der Waals surface area (Å²) in [5.74, 6) is 0.866. The smallest absolute Gasteiger partial charge is 0.00338 e. The maximum absolute atomic E-state index is 3.47. The lowest BCUT2D eigenvalue weighted by molar-refractivity contribution is 0.526. The topological polar surface area (TPSA) is 0 Å². The van der Waals surface area contributed by atoms with Crippen LogP contribution in [0.25, 0.3) is 0 Å². The van der Waals surface area contributed by atoms with Crippen LogP contribution in [-0.4, -0.2) is 5.33 Å². The van der Waals surface area contributed by atoms with E-state index in [4.69, 9.17) is 0 Å². The fraction of sp³-hybridized carbons (Fsp3) is 0.818. The second-order valence-corrected chi connectivity index (χ2v) is 4.36. The minimum atomic E-state index is 0.866.